The quantitative estimate of drug-likeness (QED) is 0.213. The van der Waals surface area contributed by atoms with Crippen LogP contribution in [-0.4, -0.2) is 35.8 Å². The van der Waals surface area contributed by atoms with Crippen molar-refractivity contribution in [2.45, 2.75) is 20.8 Å². The number of rotatable bonds is 9. The van der Waals surface area contributed by atoms with E-state index >= 15 is 0 Å². The summed E-state index contributed by atoms with van der Waals surface area (Å²) < 4.78 is 23.9. The van der Waals surface area contributed by atoms with Crippen LogP contribution in [0.5, 0.6) is 17.2 Å². The van der Waals surface area contributed by atoms with Crippen LogP contribution in [0.3, 0.4) is 0 Å². The van der Waals surface area contributed by atoms with Crippen LogP contribution in [-0.2, 0) is 0 Å². The predicted octanol–water partition coefficient (Wildman–Crippen LogP) is 6.58. The molecule has 1 aromatic heterocycles. The lowest BCUT2D eigenvalue weighted by atomic mass is 10.1. The number of oxazole rings is 1. The highest BCUT2D eigenvalue weighted by Gasteiger charge is 2.19. The molecular formula is C27H26BrN3O5S. The Morgan fingerprint density at radius 3 is 2.30 bits per heavy atom. The summed E-state index contributed by atoms with van der Waals surface area (Å²) in [5, 5.41) is 5.86. The minimum atomic E-state index is -0.416. The van der Waals surface area contributed by atoms with E-state index in [4.69, 9.17) is 30.8 Å². The van der Waals surface area contributed by atoms with Gasteiger partial charge in [0.25, 0.3) is 5.91 Å². The van der Waals surface area contributed by atoms with E-state index in [9.17, 15) is 4.79 Å². The van der Waals surface area contributed by atoms with Gasteiger partial charge in [-0.2, -0.15) is 0 Å². The van der Waals surface area contributed by atoms with Crippen LogP contribution >= 0.6 is 28.1 Å². The number of amides is 1. The first-order valence-electron chi connectivity index (χ1n) is 11.8. The van der Waals surface area contributed by atoms with Crippen molar-refractivity contribution in [3.63, 3.8) is 0 Å². The van der Waals surface area contributed by atoms with E-state index in [0.717, 1.165) is 10.0 Å². The number of carbonyl (C=O) groups excluding carboxylic acids is 1. The molecule has 37 heavy (non-hydrogen) atoms. The average molecular weight is 584 g/mol. The highest BCUT2D eigenvalue weighted by molar-refractivity contribution is 9.10. The fourth-order valence-electron chi connectivity index (χ4n) is 3.61. The normalized spacial score (nSPS) is 10.7. The van der Waals surface area contributed by atoms with Crippen LogP contribution < -0.4 is 24.8 Å². The maximum Gasteiger partial charge on any atom is 0.257 e. The maximum absolute atomic E-state index is 13.0. The number of fused-ring (bicyclic) bond motifs is 1. The van der Waals surface area contributed by atoms with E-state index in [-0.39, 0.29) is 5.11 Å². The van der Waals surface area contributed by atoms with Crippen molar-refractivity contribution in [2.24, 2.45) is 0 Å². The summed E-state index contributed by atoms with van der Waals surface area (Å²) in [4.78, 5) is 17.6. The van der Waals surface area contributed by atoms with Gasteiger partial charge in [0.15, 0.2) is 22.2 Å². The number of thiocarbonyl (C=S) groups is 1. The molecule has 192 valence electrons. The highest BCUT2D eigenvalue weighted by Crippen LogP contribution is 2.39. The van der Waals surface area contributed by atoms with Crippen LogP contribution in [0.25, 0.3) is 22.6 Å². The molecule has 0 saturated heterocycles. The van der Waals surface area contributed by atoms with Gasteiger partial charge in [-0.1, -0.05) is 12.1 Å². The molecular weight excluding hydrogens is 558 g/mol. The number of ether oxygens (including phenoxy) is 3. The Bertz CT molecular complexity index is 1410. The molecule has 2 N–H and O–H groups in total. The zero-order chi connectivity index (χ0) is 26.4. The first-order valence-corrected chi connectivity index (χ1v) is 13.0. The van der Waals surface area contributed by atoms with Crippen LogP contribution in [0, 0.1) is 0 Å². The summed E-state index contributed by atoms with van der Waals surface area (Å²) in [6.45, 7) is 6.83. The van der Waals surface area contributed by atoms with E-state index in [1.807, 2.05) is 45.0 Å². The second-order valence-corrected chi connectivity index (χ2v) is 8.95. The van der Waals surface area contributed by atoms with Crippen molar-refractivity contribution in [1.82, 2.24) is 10.3 Å². The summed E-state index contributed by atoms with van der Waals surface area (Å²) >= 11 is 8.91. The fourth-order valence-corrected chi connectivity index (χ4v) is 4.28. The molecule has 8 nitrogen and oxygen atoms in total. The van der Waals surface area contributed by atoms with Crippen LogP contribution in [0.15, 0.2) is 63.5 Å². The molecule has 10 heteroatoms. The Balaban J connectivity index is 1.51. The zero-order valence-corrected chi connectivity index (χ0v) is 23.0. The molecule has 4 aromatic rings. The molecule has 1 heterocycles. The van der Waals surface area contributed by atoms with E-state index in [0.29, 0.717) is 65.3 Å². The van der Waals surface area contributed by atoms with Crippen LogP contribution in [0.4, 0.5) is 5.69 Å². The second-order valence-electron chi connectivity index (χ2n) is 7.69. The second kappa shape index (κ2) is 12.1. The molecule has 0 aliphatic carbocycles. The van der Waals surface area contributed by atoms with Gasteiger partial charge >= 0.3 is 0 Å². The number of nitrogens with one attached hydrogen (secondary N) is 2. The first kappa shape index (κ1) is 26.4. The van der Waals surface area contributed by atoms with Crippen molar-refractivity contribution in [2.75, 3.05) is 25.1 Å². The minimum Gasteiger partial charge on any atom is -0.490 e. The molecule has 4 rings (SSSR count). The summed E-state index contributed by atoms with van der Waals surface area (Å²) in [6.07, 6.45) is 0. The predicted molar refractivity (Wildman–Crippen MR) is 151 cm³/mol. The molecule has 0 unspecified atom stereocenters. The van der Waals surface area contributed by atoms with Gasteiger partial charge in [0, 0.05) is 15.7 Å². The first-order chi connectivity index (χ1) is 17.9. The number of anilines is 1. The third-order valence-corrected chi connectivity index (χ3v) is 6.04. The number of halogens is 1. The lowest BCUT2D eigenvalue weighted by Gasteiger charge is -2.17. The SMILES string of the molecule is CCOc1cc(C(=O)NC(=S)Nc2ccc3oc(-c4ccccc4Br)nc3c2)cc(OCC)c1OCC. The fraction of sp³-hybridized carbons (Fsp3) is 0.222. The number of hydrogen-bond acceptors (Lipinski definition) is 7. The molecule has 0 radical (unpaired) electrons. The van der Waals surface area contributed by atoms with Gasteiger partial charge in [-0.15, -0.1) is 0 Å². The molecule has 0 fully saturated rings. The average Bonchev–Trinajstić information content (AvgIpc) is 3.29. The molecule has 0 bridgehead atoms. The van der Waals surface area contributed by atoms with Gasteiger partial charge in [-0.3, -0.25) is 10.1 Å². The highest BCUT2D eigenvalue weighted by atomic mass is 79.9. The molecule has 1 amide bonds. The molecule has 0 aliphatic rings. The van der Waals surface area contributed by atoms with Crippen molar-refractivity contribution in [1.29, 1.82) is 0 Å². The van der Waals surface area contributed by atoms with Gasteiger partial charge in [-0.25, -0.2) is 4.98 Å². The van der Waals surface area contributed by atoms with E-state index < -0.39 is 5.91 Å². The largest absolute Gasteiger partial charge is 0.490 e. The number of hydrogen-bond donors (Lipinski definition) is 2. The van der Waals surface area contributed by atoms with Gasteiger partial charge in [0.1, 0.15) is 5.52 Å². The van der Waals surface area contributed by atoms with Crippen molar-refractivity contribution in [3.8, 4) is 28.7 Å². The lowest BCUT2D eigenvalue weighted by Crippen LogP contribution is -2.34. The maximum atomic E-state index is 13.0. The Morgan fingerprint density at radius 2 is 1.65 bits per heavy atom. The number of benzene rings is 3. The van der Waals surface area contributed by atoms with Gasteiger partial charge in [-0.05, 0) is 91.4 Å². The third-order valence-electron chi connectivity index (χ3n) is 5.15. The van der Waals surface area contributed by atoms with Gasteiger partial charge in [0.05, 0.1) is 25.4 Å². The Morgan fingerprint density at radius 1 is 0.973 bits per heavy atom. The summed E-state index contributed by atoms with van der Waals surface area (Å²) in [5.74, 6) is 1.40. The Hall–Kier alpha value is -3.63. The standard InChI is InChI=1S/C27H26BrN3O5S/c1-4-33-22-13-16(14-23(34-5-2)24(22)35-6-3)25(32)31-27(37)29-17-11-12-21-20(15-17)30-26(36-21)18-9-7-8-10-19(18)28/h7-15H,4-6H2,1-3H3,(H2,29,31,32,37). The summed E-state index contributed by atoms with van der Waals surface area (Å²) in [6, 6.07) is 16.3. The summed E-state index contributed by atoms with van der Waals surface area (Å²) in [7, 11) is 0. The van der Waals surface area contributed by atoms with Gasteiger partial charge < -0.3 is 23.9 Å². The lowest BCUT2D eigenvalue weighted by molar-refractivity contribution is 0.0976. The third kappa shape index (κ3) is 6.20. The number of carbonyl (C=O) groups is 1. The monoisotopic (exact) mass is 583 g/mol. The number of aromatic nitrogens is 1. The molecule has 0 spiro atoms. The van der Waals surface area contributed by atoms with Crippen molar-refractivity contribution < 1.29 is 23.4 Å². The number of nitrogens with zero attached hydrogens (tertiary/aromatic N) is 1. The topological polar surface area (TPSA) is 94.9 Å². The van der Waals surface area contributed by atoms with E-state index in [1.54, 1.807) is 30.3 Å². The van der Waals surface area contributed by atoms with E-state index in [1.165, 1.54) is 0 Å². The summed E-state index contributed by atoms with van der Waals surface area (Å²) in [5.41, 5.74) is 3.11. The smallest absolute Gasteiger partial charge is 0.257 e. The van der Waals surface area contributed by atoms with Crippen LogP contribution in [0.2, 0.25) is 0 Å². The zero-order valence-electron chi connectivity index (χ0n) is 20.6. The minimum absolute atomic E-state index is 0.128. The van der Waals surface area contributed by atoms with E-state index in [2.05, 4.69) is 31.5 Å². The molecule has 0 saturated carbocycles. The Kier molecular flexibility index (Phi) is 8.62. The molecule has 3 aromatic carbocycles. The van der Waals surface area contributed by atoms with Crippen LogP contribution in [0.1, 0.15) is 31.1 Å². The molecule has 0 aliphatic heterocycles. The molecule has 0 atom stereocenters. The van der Waals surface area contributed by atoms with Crippen molar-refractivity contribution >= 4 is 56.0 Å². The van der Waals surface area contributed by atoms with Crippen molar-refractivity contribution in [3.05, 3.63) is 64.6 Å². The Labute approximate surface area is 228 Å². The van der Waals surface area contributed by atoms with Gasteiger partial charge in [0.2, 0.25) is 11.6 Å².